The van der Waals surface area contributed by atoms with Gasteiger partial charge in [0.05, 0.1) is 17.4 Å². The number of anilines is 1. The highest BCUT2D eigenvalue weighted by Gasteiger charge is 2.21. The minimum atomic E-state index is -0.224. The molecular weight excluding hydrogens is 340 g/mol. The first kappa shape index (κ1) is 17.2. The molecule has 25 heavy (non-hydrogen) atoms. The molecule has 8 heteroatoms. The molecule has 0 aliphatic carbocycles. The van der Waals surface area contributed by atoms with Gasteiger partial charge in [0.1, 0.15) is 17.3 Å². The van der Waals surface area contributed by atoms with E-state index < -0.39 is 0 Å². The second-order valence-electron chi connectivity index (χ2n) is 5.44. The van der Waals surface area contributed by atoms with E-state index in [0.29, 0.717) is 27.2 Å². The van der Waals surface area contributed by atoms with Crippen molar-refractivity contribution in [2.24, 2.45) is 0 Å². The molecule has 0 unspecified atom stereocenters. The molecule has 130 valence electrons. The lowest BCUT2D eigenvalue weighted by Gasteiger charge is -2.06. The van der Waals surface area contributed by atoms with Crippen LogP contribution in [0.2, 0.25) is 0 Å². The number of aromatic nitrogens is 3. The first-order chi connectivity index (χ1) is 12.0. The summed E-state index contributed by atoms with van der Waals surface area (Å²) in [7, 11) is 3.13. The van der Waals surface area contributed by atoms with Gasteiger partial charge in [-0.25, -0.2) is 9.97 Å². The van der Waals surface area contributed by atoms with Crippen molar-refractivity contribution in [1.29, 1.82) is 0 Å². The minimum absolute atomic E-state index is 0.224. The number of nitrogens with zero attached hydrogens (tertiary/aromatic N) is 3. The lowest BCUT2D eigenvalue weighted by Crippen LogP contribution is -2.13. The smallest absolute Gasteiger partial charge is 0.267 e. The van der Waals surface area contributed by atoms with Crippen molar-refractivity contribution in [3.05, 3.63) is 40.2 Å². The van der Waals surface area contributed by atoms with Crippen molar-refractivity contribution in [3.63, 3.8) is 0 Å². The van der Waals surface area contributed by atoms with Gasteiger partial charge in [-0.15, -0.1) is 11.3 Å². The van der Waals surface area contributed by atoms with Crippen LogP contribution in [0.4, 0.5) is 5.82 Å². The number of carbonyl (C=O) groups excluding carboxylic acids is 1. The van der Waals surface area contributed by atoms with E-state index in [9.17, 15) is 4.79 Å². The number of carbonyl (C=O) groups is 1. The van der Waals surface area contributed by atoms with Crippen LogP contribution >= 0.6 is 11.3 Å². The standard InChI is InChI=1S/C17H18N4O3S/c1-9-6-5-7-18-14(9)21-15(22)13-10(2)12-16(24-4)19-11(8-23-3)20-17(12)25-13/h5-7H,8H2,1-4H3,(H,18,21,22). The Bertz CT molecular complexity index is 939. The molecule has 0 aliphatic rings. The fourth-order valence-corrected chi connectivity index (χ4v) is 3.57. The van der Waals surface area contributed by atoms with Crippen LogP contribution < -0.4 is 10.1 Å². The summed E-state index contributed by atoms with van der Waals surface area (Å²) in [5.41, 5.74) is 1.68. The van der Waals surface area contributed by atoms with E-state index in [4.69, 9.17) is 9.47 Å². The Morgan fingerprint density at radius 2 is 2.08 bits per heavy atom. The number of methoxy groups -OCH3 is 2. The summed E-state index contributed by atoms with van der Waals surface area (Å²) in [6.07, 6.45) is 1.64. The highest BCUT2D eigenvalue weighted by Crippen LogP contribution is 2.35. The summed E-state index contributed by atoms with van der Waals surface area (Å²) < 4.78 is 10.5. The molecule has 3 aromatic heterocycles. The van der Waals surface area contributed by atoms with E-state index in [-0.39, 0.29) is 12.5 Å². The van der Waals surface area contributed by atoms with E-state index in [1.807, 2.05) is 26.0 Å². The third-order valence-corrected chi connectivity index (χ3v) is 4.90. The number of aryl methyl sites for hydroxylation is 2. The van der Waals surface area contributed by atoms with Gasteiger partial charge in [0, 0.05) is 13.3 Å². The van der Waals surface area contributed by atoms with Gasteiger partial charge in [-0.1, -0.05) is 6.07 Å². The van der Waals surface area contributed by atoms with Crippen molar-refractivity contribution in [1.82, 2.24) is 15.0 Å². The minimum Gasteiger partial charge on any atom is -0.480 e. The summed E-state index contributed by atoms with van der Waals surface area (Å²) in [5.74, 6) is 1.28. The van der Waals surface area contributed by atoms with Crippen LogP contribution in [-0.2, 0) is 11.3 Å². The van der Waals surface area contributed by atoms with Crippen molar-refractivity contribution in [2.75, 3.05) is 19.5 Å². The molecule has 3 aromatic rings. The van der Waals surface area contributed by atoms with E-state index in [1.165, 1.54) is 11.3 Å². The van der Waals surface area contributed by atoms with Gasteiger partial charge in [-0.3, -0.25) is 4.79 Å². The lowest BCUT2D eigenvalue weighted by molar-refractivity contribution is 0.102. The molecule has 1 amide bonds. The van der Waals surface area contributed by atoms with E-state index in [1.54, 1.807) is 20.4 Å². The first-order valence-electron chi connectivity index (χ1n) is 7.61. The number of hydrogen-bond acceptors (Lipinski definition) is 7. The van der Waals surface area contributed by atoms with Gasteiger partial charge in [-0.2, -0.15) is 4.98 Å². The topological polar surface area (TPSA) is 86.2 Å². The van der Waals surface area contributed by atoms with Crippen LogP contribution in [0.3, 0.4) is 0 Å². The fraction of sp³-hybridized carbons (Fsp3) is 0.294. The van der Waals surface area contributed by atoms with E-state index in [0.717, 1.165) is 16.5 Å². The number of nitrogens with one attached hydrogen (secondary N) is 1. The Morgan fingerprint density at radius 3 is 2.76 bits per heavy atom. The summed E-state index contributed by atoms with van der Waals surface area (Å²) in [4.78, 5) is 27.0. The molecule has 0 spiro atoms. The number of pyridine rings is 1. The third kappa shape index (κ3) is 3.31. The SMILES string of the molecule is COCc1nc(OC)c2c(C)c(C(=O)Nc3ncccc3C)sc2n1. The fourth-order valence-electron chi connectivity index (χ4n) is 2.48. The Labute approximate surface area is 149 Å². The maximum Gasteiger partial charge on any atom is 0.267 e. The number of rotatable bonds is 5. The summed E-state index contributed by atoms with van der Waals surface area (Å²) in [6.45, 7) is 4.03. The lowest BCUT2D eigenvalue weighted by atomic mass is 10.2. The van der Waals surface area contributed by atoms with Crippen molar-refractivity contribution < 1.29 is 14.3 Å². The zero-order chi connectivity index (χ0) is 18.0. The van der Waals surface area contributed by atoms with Crippen LogP contribution in [0.25, 0.3) is 10.2 Å². The number of hydrogen-bond donors (Lipinski definition) is 1. The molecule has 7 nitrogen and oxygen atoms in total. The second kappa shape index (κ2) is 7.12. The maximum atomic E-state index is 12.7. The van der Waals surface area contributed by atoms with Crippen LogP contribution in [-0.4, -0.2) is 35.1 Å². The number of amides is 1. The molecule has 0 fully saturated rings. The molecule has 0 atom stereocenters. The van der Waals surface area contributed by atoms with E-state index in [2.05, 4.69) is 20.3 Å². The predicted octanol–water partition coefficient (Wildman–Crippen LogP) is 3.11. The zero-order valence-electron chi connectivity index (χ0n) is 14.4. The number of fused-ring (bicyclic) bond motifs is 1. The first-order valence-corrected chi connectivity index (χ1v) is 8.42. The Morgan fingerprint density at radius 1 is 1.28 bits per heavy atom. The highest BCUT2D eigenvalue weighted by atomic mass is 32.1. The molecule has 0 saturated heterocycles. The van der Waals surface area contributed by atoms with Crippen molar-refractivity contribution in [3.8, 4) is 5.88 Å². The molecule has 3 rings (SSSR count). The molecule has 0 radical (unpaired) electrons. The summed E-state index contributed by atoms with van der Waals surface area (Å²) >= 11 is 1.30. The monoisotopic (exact) mass is 358 g/mol. The second-order valence-corrected chi connectivity index (χ2v) is 6.44. The highest BCUT2D eigenvalue weighted by molar-refractivity contribution is 7.20. The summed E-state index contributed by atoms with van der Waals surface area (Å²) in [5, 5.41) is 3.60. The molecule has 1 N–H and O–H groups in total. The van der Waals surface area contributed by atoms with Crippen molar-refractivity contribution in [2.45, 2.75) is 20.5 Å². The van der Waals surface area contributed by atoms with Gasteiger partial charge in [-0.05, 0) is 31.0 Å². The molecule has 0 saturated carbocycles. The quantitative estimate of drug-likeness (QED) is 0.754. The van der Waals surface area contributed by atoms with Crippen molar-refractivity contribution >= 4 is 33.3 Å². The molecule has 3 heterocycles. The number of ether oxygens (including phenoxy) is 2. The molecular formula is C17H18N4O3S. The number of thiophene rings is 1. The van der Waals surface area contributed by atoms with Crippen LogP contribution in [0.5, 0.6) is 5.88 Å². The largest absolute Gasteiger partial charge is 0.480 e. The third-order valence-electron chi connectivity index (χ3n) is 3.72. The van der Waals surface area contributed by atoms with Gasteiger partial charge in [0.2, 0.25) is 5.88 Å². The average molecular weight is 358 g/mol. The Balaban J connectivity index is 2.03. The maximum absolute atomic E-state index is 12.7. The molecule has 0 aliphatic heterocycles. The van der Waals surface area contributed by atoms with Crippen LogP contribution in [0.1, 0.15) is 26.6 Å². The molecule has 0 aromatic carbocycles. The Hall–Kier alpha value is -2.58. The Kier molecular flexibility index (Phi) is 4.91. The average Bonchev–Trinajstić information content (AvgIpc) is 2.93. The summed E-state index contributed by atoms with van der Waals surface area (Å²) in [6, 6.07) is 3.72. The predicted molar refractivity (Wildman–Crippen MR) is 96.3 cm³/mol. The van der Waals surface area contributed by atoms with Crippen LogP contribution in [0, 0.1) is 13.8 Å². The van der Waals surface area contributed by atoms with E-state index >= 15 is 0 Å². The zero-order valence-corrected chi connectivity index (χ0v) is 15.2. The van der Waals surface area contributed by atoms with Crippen LogP contribution in [0.15, 0.2) is 18.3 Å². The molecule has 0 bridgehead atoms. The van der Waals surface area contributed by atoms with Gasteiger partial charge in [0.15, 0.2) is 5.82 Å². The van der Waals surface area contributed by atoms with Gasteiger partial charge >= 0.3 is 0 Å². The van der Waals surface area contributed by atoms with Gasteiger partial charge < -0.3 is 14.8 Å². The normalized spacial score (nSPS) is 10.9. The van der Waals surface area contributed by atoms with Gasteiger partial charge in [0.25, 0.3) is 5.91 Å².